The summed E-state index contributed by atoms with van der Waals surface area (Å²) in [5, 5.41) is 7.18. The molecule has 1 unspecified atom stereocenters. The van der Waals surface area contributed by atoms with E-state index in [4.69, 9.17) is 4.99 Å². The molecule has 0 aromatic heterocycles. The highest BCUT2D eigenvalue weighted by Gasteiger charge is 2.38. The number of aliphatic imine (C=N–C) groups is 1. The molecule has 2 aliphatic heterocycles. The van der Waals surface area contributed by atoms with Gasteiger partial charge in [0, 0.05) is 50.8 Å². The summed E-state index contributed by atoms with van der Waals surface area (Å²) in [6, 6.07) is 0.540. The average Bonchev–Trinajstić information content (AvgIpc) is 2.82. The van der Waals surface area contributed by atoms with Crippen molar-refractivity contribution in [1.82, 2.24) is 25.3 Å². The molecule has 2 N–H and O–H groups in total. The molecule has 2 heterocycles. The fourth-order valence-electron chi connectivity index (χ4n) is 5.61. The molecule has 0 aromatic carbocycles. The second kappa shape index (κ2) is 12.3. The standard InChI is InChI=1S/C24H48N6/c1-4-25-23(26-20-22(3)29-18-16-28(5-2)17-19-29)27-21-24(12-8-6-9-13-24)30-14-10-7-11-15-30/h22H,4-21H2,1-3H3,(H2,25,26,27). The predicted molar refractivity (Wildman–Crippen MR) is 128 cm³/mol. The van der Waals surface area contributed by atoms with Crippen LogP contribution in [0.4, 0.5) is 0 Å². The number of piperidine rings is 1. The van der Waals surface area contributed by atoms with Gasteiger partial charge in [0.25, 0.3) is 0 Å². The quantitative estimate of drug-likeness (QED) is 0.467. The lowest BCUT2D eigenvalue weighted by Crippen LogP contribution is -2.55. The van der Waals surface area contributed by atoms with Gasteiger partial charge in [0.15, 0.2) is 5.96 Å². The molecule has 1 saturated carbocycles. The third-order valence-corrected chi connectivity index (χ3v) is 7.73. The number of likely N-dealkylation sites (tertiary alicyclic amines) is 1. The summed E-state index contributed by atoms with van der Waals surface area (Å²) in [5.41, 5.74) is 0.309. The van der Waals surface area contributed by atoms with Crippen LogP contribution in [-0.4, -0.2) is 97.7 Å². The van der Waals surface area contributed by atoms with Crippen molar-refractivity contribution in [2.45, 2.75) is 83.7 Å². The lowest BCUT2D eigenvalue weighted by molar-refractivity contribution is 0.0407. The molecule has 30 heavy (non-hydrogen) atoms. The third kappa shape index (κ3) is 6.57. The maximum Gasteiger partial charge on any atom is 0.191 e. The maximum atomic E-state index is 5.15. The number of guanidine groups is 1. The van der Waals surface area contributed by atoms with Crippen molar-refractivity contribution in [2.75, 3.05) is 65.4 Å². The molecule has 6 heteroatoms. The molecule has 2 saturated heterocycles. The highest BCUT2D eigenvalue weighted by Crippen LogP contribution is 2.35. The van der Waals surface area contributed by atoms with Gasteiger partial charge < -0.3 is 15.5 Å². The topological polar surface area (TPSA) is 46.1 Å². The molecule has 3 rings (SSSR count). The zero-order valence-electron chi connectivity index (χ0n) is 20.1. The Hall–Kier alpha value is -0.850. The summed E-state index contributed by atoms with van der Waals surface area (Å²) >= 11 is 0. The molecule has 1 aliphatic carbocycles. The van der Waals surface area contributed by atoms with Crippen LogP contribution in [0.5, 0.6) is 0 Å². The first kappa shape index (κ1) is 23.8. The first-order valence-electron chi connectivity index (χ1n) is 12.9. The van der Waals surface area contributed by atoms with Crippen LogP contribution >= 0.6 is 0 Å². The van der Waals surface area contributed by atoms with Crippen LogP contribution < -0.4 is 10.6 Å². The van der Waals surface area contributed by atoms with Crippen LogP contribution in [0.25, 0.3) is 0 Å². The van der Waals surface area contributed by atoms with Gasteiger partial charge in [-0.25, -0.2) is 0 Å². The summed E-state index contributed by atoms with van der Waals surface area (Å²) in [6.07, 6.45) is 10.9. The van der Waals surface area contributed by atoms with E-state index >= 15 is 0 Å². The number of nitrogens with one attached hydrogen (secondary N) is 2. The first-order valence-corrected chi connectivity index (χ1v) is 12.9. The molecule has 0 bridgehead atoms. The van der Waals surface area contributed by atoms with E-state index in [1.54, 1.807) is 0 Å². The highest BCUT2D eigenvalue weighted by atomic mass is 15.3. The Morgan fingerprint density at radius 3 is 2.17 bits per heavy atom. The second-order valence-corrected chi connectivity index (χ2v) is 9.73. The smallest absolute Gasteiger partial charge is 0.191 e. The van der Waals surface area contributed by atoms with E-state index in [0.29, 0.717) is 11.6 Å². The molecule has 3 fully saturated rings. The largest absolute Gasteiger partial charge is 0.357 e. The van der Waals surface area contributed by atoms with Crippen molar-refractivity contribution in [3.63, 3.8) is 0 Å². The van der Waals surface area contributed by atoms with Gasteiger partial charge >= 0.3 is 0 Å². The van der Waals surface area contributed by atoms with Crippen molar-refractivity contribution in [1.29, 1.82) is 0 Å². The molecule has 174 valence electrons. The lowest BCUT2D eigenvalue weighted by Gasteiger charge is -2.47. The van der Waals surface area contributed by atoms with Crippen molar-refractivity contribution < 1.29 is 0 Å². The van der Waals surface area contributed by atoms with Gasteiger partial charge in [-0.15, -0.1) is 0 Å². The summed E-state index contributed by atoms with van der Waals surface area (Å²) < 4.78 is 0. The van der Waals surface area contributed by atoms with Crippen LogP contribution in [0.3, 0.4) is 0 Å². The Morgan fingerprint density at radius 1 is 0.867 bits per heavy atom. The minimum atomic E-state index is 0.309. The highest BCUT2D eigenvalue weighted by molar-refractivity contribution is 5.79. The number of hydrogen-bond acceptors (Lipinski definition) is 4. The summed E-state index contributed by atoms with van der Waals surface area (Å²) in [6.45, 7) is 18.1. The molecule has 0 amide bonds. The number of rotatable bonds is 8. The van der Waals surface area contributed by atoms with Gasteiger partial charge in [0.2, 0.25) is 0 Å². The molecular weight excluding hydrogens is 372 g/mol. The molecule has 1 atom stereocenters. The van der Waals surface area contributed by atoms with E-state index in [1.807, 2.05) is 0 Å². The average molecular weight is 421 g/mol. The van der Waals surface area contributed by atoms with Gasteiger partial charge in [-0.05, 0) is 59.2 Å². The van der Waals surface area contributed by atoms with Crippen molar-refractivity contribution in [3.05, 3.63) is 0 Å². The van der Waals surface area contributed by atoms with Crippen LogP contribution in [0.15, 0.2) is 4.99 Å². The zero-order valence-corrected chi connectivity index (χ0v) is 20.1. The molecule has 3 aliphatic rings. The van der Waals surface area contributed by atoms with E-state index in [9.17, 15) is 0 Å². The maximum absolute atomic E-state index is 5.15. The van der Waals surface area contributed by atoms with Crippen LogP contribution in [0.1, 0.15) is 72.1 Å². The van der Waals surface area contributed by atoms with E-state index in [1.165, 1.54) is 97.2 Å². The van der Waals surface area contributed by atoms with Crippen molar-refractivity contribution in [3.8, 4) is 0 Å². The monoisotopic (exact) mass is 420 g/mol. The van der Waals surface area contributed by atoms with Crippen molar-refractivity contribution in [2.24, 2.45) is 4.99 Å². The first-order chi connectivity index (χ1) is 14.7. The summed E-state index contributed by atoms with van der Waals surface area (Å²) in [5.74, 6) is 1.01. The van der Waals surface area contributed by atoms with E-state index < -0.39 is 0 Å². The Labute approximate surface area is 185 Å². The van der Waals surface area contributed by atoms with E-state index in [-0.39, 0.29) is 0 Å². The lowest BCUT2D eigenvalue weighted by atomic mass is 9.79. The minimum absolute atomic E-state index is 0.309. The zero-order chi connectivity index (χ0) is 21.2. The molecular formula is C24H48N6. The Bertz CT molecular complexity index is 502. The number of piperazine rings is 1. The Balaban J connectivity index is 1.55. The molecule has 0 aromatic rings. The van der Waals surface area contributed by atoms with Gasteiger partial charge in [0.05, 0.1) is 6.54 Å². The molecule has 6 nitrogen and oxygen atoms in total. The van der Waals surface area contributed by atoms with E-state index in [0.717, 1.165) is 25.6 Å². The van der Waals surface area contributed by atoms with Crippen LogP contribution in [0, 0.1) is 0 Å². The van der Waals surface area contributed by atoms with Gasteiger partial charge in [0.1, 0.15) is 0 Å². The van der Waals surface area contributed by atoms with E-state index in [2.05, 4.69) is 46.1 Å². The fourth-order valence-corrected chi connectivity index (χ4v) is 5.61. The van der Waals surface area contributed by atoms with Gasteiger partial charge in [-0.2, -0.15) is 0 Å². The second-order valence-electron chi connectivity index (χ2n) is 9.73. The predicted octanol–water partition coefficient (Wildman–Crippen LogP) is 2.76. The Kier molecular flexibility index (Phi) is 9.72. The number of hydrogen-bond donors (Lipinski definition) is 2. The summed E-state index contributed by atoms with van der Waals surface area (Å²) in [7, 11) is 0. The normalized spacial score (nSPS) is 25.8. The molecule has 0 radical (unpaired) electrons. The number of nitrogens with zero attached hydrogens (tertiary/aromatic N) is 4. The van der Waals surface area contributed by atoms with Crippen molar-refractivity contribution >= 4 is 5.96 Å². The number of likely N-dealkylation sites (N-methyl/N-ethyl adjacent to an activating group) is 1. The fraction of sp³-hybridized carbons (Fsp3) is 0.958. The SMILES string of the molecule is CCNC(=NCC1(N2CCCCC2)CCCCC1)NCC(C)N1CCN(CC)CC1. The minimum Gasteiger partial charge on any atom is -0.357 e. The van der Waals surface area contributed by atoms with Gasteiger partial charge in [-0.1, -0.05) is 32.6 Å². The third-order valence-electron chi connectivity index (χ3n) is 7.73. The Morgan fingerprint density at radius 2 is 1.53 bits per heavy atom. The van der Waals surface area contributed by atoms with Crippen LogP contribution in [0.2, 0.25) is 0 Å². The van der Waals surface area contributed by atoms with Crippen LogP contribution in [-0.2, 0) is 0 Å². The summed E-state index contributed by atoms with van der Waals surface area (Å²) in [4.78, 5) is 13.1. The molecule has 0 spiro atoms. The van der Waals surface area contributed by atoms with Gasteiger partial charge in [-0.3, -0.25) is 14.8 Å².